The lowest BCUT2D eigenvalue weighted by molar-refractivity contribution is 0.530. The molecular weight excluding hydrogens is 256 g/mol. The Bertz CT molecular complexity index is 485. The standard InChI is InChI=1S/C12H13ClN2OS/c1-8(2)12-14-10(13)6-11(15-12)17-7-9-4-3-5-16-9/h3-6,8H,7H2,1-2H3. The molecule has 0 aliphatic heterocycles. The van der Waals surface area contributed by atoms with Crippen LogP contribution in [0.1, 0.15) is 31.4 Å². The number of rotatable bonds is 4. The van der Waals surface area contributed by atoms with Crippen molar-refractivity contribution in [3.8, 4) is 0 Å². The fourth-order valence-corrected chi connectivity index (χ4v) is 2.35. The second-order valence-electron chi connectivity index (χ2n) is 3.91. The summed E-state index contributed by atoms with van der Waals surface area (Å²) in [6.45, 7) is 4.10. The molecule has 0 saturated heterocycles. The summed E-state index contributed by atoms with van der Waals surface area (Å²) in [6.07, 6.45) is 1.67. The highest BCUT2D eigenvalue weighted by atomic mass is 35.5. The molecule has 17 heavy (non-hydrogen) atoms. The summed E-state index contributed by atoms with van der Waals surface area (Å²) < 4.78 is 5.27. The van der Waals surface area contributed by atoms with Crippen LogP contribution in [0.25, 0.3) is 0 Å². The van der Waals surface area contributed by atoms with E-state index in [4.69, 9.17) is 16.0 Å². The molecular formula is C12H13ClN2OS. The summed E-state index contributed by atoms with van der Waals surface area (Å²) in [7, 11) is 0. The Balaban J connectivity index is 2.10. The third-order valence-corrected chi connectivity index (χ3v) is 3.27. The van der Waals surface area contributed by atoms with Crippen LogP contribution in [0.5, 0.6) is 0 Å². The first-order chi connectivity index (χ1) is 8.15. The largest absolute Gasteiger partial charge is 0.468 e. The molecule has 2 rings (SSSR count). The Labute approximate surface area is 110 Å². The number of hydrogen-bond donors (Lipinski definition) is 0. The molecule has 0 radical (unpaired) electrons. The lowest BCUT2D eigenvalue weighted by atomic mass is 10.2. The highest BCUT2D eigenvalue weighted by Crippen LogP contribution is 2.24. The number of hydrogen-bond acceptors (Lipinski definition) is 4. The van der Waals surface area contributed by atoms with Gasteiger partial charge in [0.05, 0.1) is 12.0 Å². The van der Waals surface area contributed by atoms with Crippen molar-refractivity contribution in [2.45, 2.75) is 30.5 Å². The van der Waals surface area contributed by atoms with Gasteiger partial charge >= 0.3 is 0 Å². The van der Waals surface area contributed by atoms with E-state index >= 15 is 0 Å². The van der Waals surface area contributed by atoms with Crippen molar-refractivity contribution in [3.05, 3.63) is 41.2 Å². The van der Waals surface area contributed by atoms with Crippen LogP contribution in [0.15, 0.2) is 33.9 Å². The second kappa shape index (κ2) is 5.56. The van der Waals surface area contributed by atoms with Gasteiger partial charge in [0.25, 0.3) is 0 Å². The highest BCUT2D eigenvalue weighted by molar-refractivity contribution is 7.98. The van der Waals surface area contributed by atoms with E-state index in [0.717, 1.165) is 22.4 Å². The van der Waals surface area contributed by atoms with Crippen LogP contribution in [0.3, 0.4) is 0 Å². The quantitative estimate of drug-likeness (QED) is 0.617. The van der Waals surface area contributed by atoms with Gasteiger partial charge in [-0.2, -0.15) is 0 Å². The van der Waals surface area contributed by atoms with E-state index in [1.54, 1.807) is 24.1 Å². The van der Waals surface area contributed by atoms with Gasteiger partial charge in [0.1, 0.15) is 21.8 Å². The van der Waals surface area contributed by atoms with Gasteiger partial charge in [-0.1, -0.05) is 37.2 Å². The van der Waals surface area contributed by atoms with Gasteiger partial charge in [0.2, 0.25) is 0 Å². The highest BCUT2D eigenvalue weighted by Gasteiger charge is 2.08. The predicted molar refractivity (Wildman–Crippen MR) is 69.4 cm³/mol. The first kappa shape index (κ1) is 12.5. The third-order valence-electron chi connectivity index (χ3n) is 2.15. The summed E-state index contributed by atoms with van der Waals surface area (Å²) in [5.41, 5.74) is 0. The average molecular weight is 269 g/mol. The van der Waals surface area contributed by atoms with E-state index in [0.29, 0.717) is 5.15 Å². The minimum Gasteiger partial charge on any atom is -0.468 e. The van der Waals surface area contributed by atoms with Crippen molar-refractivity contribution in [2.24, 2.45) is 0 Å². The van der Waals surface area contributed by atoms with Crippen LogP contribution >= 0.6 is 23.4 Å². The molecule has 2 aromatic heterocycles. The van der Waals surface area contributed by atoms with Gasteiger partial charge < -0.3 is 4.42 Å². The van der Waals surface area contributed by atoms with Crippen LogP contribution in [-0.2, 0) is 5.75 Å². The molecule has 0 aromatic carbocycles. The Kier molecular flexibility index (Phi) is 4.07. The maximum absolute atomic E-state index is 5.97. The normalized spacial score (nSPS) is 11.1. The minimum atomic E-state index is 0.275. The van der Waals surface area contributed by atoms with Crippen molar-refractivity contribution in [2.75, 3.05) is 0 Å². The number of furan rings is 1. The van der Waals surface area contributed by atoms with Crippen molar-refractivity contribution in [3.63, 3.8) is 0 Å². The molecule has 0 unspecified atom stereocenters. The summed E-state index contributed by atoms with van der Waals surface area (Å²) in [5.74, 6) is 2.73. The van der Waals surface area contributed by atoms with Gasteiger partial charge in [0.15, 0.2) is 0 Å². The van der Waals surface area contributed by atoms with E-state index in [9.17, 15) is 0 Å². The third kappa shape index (κ3) is 3.48. The van der Waals surface area contributed by atoms with E-state index in [1.807, 2.05) is 26.0 Å². The van der Waals surface area contributed by atoms with E-state index < -0.39 is 0 Å². The number of halogens is 1. The molecule has 0 fully saturated rings. The first-order valence-corrected chi connectivity index (χ1v) is 6.71. The molecule has 0 spiro atoms. The number of nitrogens with zero attached hydrogens (tertiary/aromatic N) is 2. The number of thioether (sulfide) groups is 1. The maximum Gasteiger partial charge on any atom is 0.133 e. The molecule has 0 N–H and O–H groups in total. The minimum absolute atomic E-state index is 0.275. The predicted octanol–water partition coefficient (Wildman–Crippen LogP) is 4.14. The molecule has 90 valence electrons. The smallest absolute Gasteiger partial charge is 0.133 e. The Hall–Kier alpha value is -1.00. The molecule has 0 atom stereocenters. The monoisotopic (exact) mass is 268 g/mol. The SMILES string of the molecule is CC(C)c1nc(Cl)cc(SCc2ccco2)n1. The molecule has 5 heteroatoms. The molecule has 0 amide bonds. The Morgan fingerprint density at radius 1 is 1.41 bits per heavy atom. The van der Waals surface area contributed by atoms with Crippen LogP contribution in [0.2, 0.25) is 5.15 Å². The zero-order valence-electron chi connectivity index (χ0n) is 9.68. The van der Waals surface area contributed by atoms with Crippen molar-refractivity contribution >= 4 is 23.4 Å². The molecule has 0 saturated carbocycles. The summed E-state index contributed by atoms with van der Waals surface area (Å²) in [4.78, 5) is 8.65. The second-order valence-corrected chi connectivity index (χ2v) is 5.29. The van der Waals surface area contributed by atoms with Gasteiger partial charge in [-0.05, 0) is 12.1 Å². The van der Waals surface area contributed by atoms with Crippen molar-refractivity contribution in [1.82, 2.24) is 9.97 Å². The van der Waals surface area contributed by atoms with Crippen LogP contribution < -0.4 is 0 Å². The topological polar surface area (TPSA) is 38.9 Å². The molecule has 0 aliphatic rings. The molecule has 3 nitrogen and oxygen atoms in total. The van der Waals surface area contributed by atoms with Crippen LogP contribution in [0, 0.1) is 0 Å². The molecule has 2 aromatic rings. The lowest BCUT2D eigenvalue weighted by Gasteiger charge is -2.06. The van der Waals surface area contributed by atoms with Crippen molar-refractivity contribution < 1.29 is 4.42 Å². The lowest BCUT2D eigenvalue weighted by Crippen LogP contribution is -1.98. The summed E-state index contributed by atoms with van der Waals surface area (Å²) in [5, 5.41) is 1.37. The Morgan fingerprint density at radius 2 is 2.24 bits per heavy atom. The average Bonchev–Trinajstić information content (AvgIpc) is 2.78. The van der Waals surface area contributed by atoms with E-state index in [-0.39, 0.29) is 5.92 Å². The van der Waals surface area contributed by atoms with E-state index in [1.165, 1.54) is 0 Å². The fraction of sp³-hybridized carbons (Fsp3) is 0.333. The Morgan fingerprint density at radius 3 is 2.88 bits per heavy atom. The summed E-state index contributed by atoms with van der Waals surface area (Å²) >= 11 is 7.56. The molecule has 0 aliphatic carbocycles. The van der Waals surface area contributed by atoms with Crippen molar-refractivity contribution in [1.29, 1.82) is 0 Å². The van der Waals surface area contributed by atoms with Crippen LogP contribution in [0.4, 0.5) is 0 Å². The van der Waals surface area contributed by atoms with Gasteiger partial charge in [0, 0.05) is 12.0 Å². The molecule has 0 bridgehead atoms. The van der Waals surface area contributed by atoms with Gasteiger partial charge in [-0.25, -0.2) is 9.97 Å². The van der Waals surface area contributed by atoms with Gasteiger partial charge in [-0.15, -0.1) is 0 Å². The fourth-order valence-electron chi connectivity index (χ4n) is 1.29. The zero-order valence-corrected chi connectivity index (χ0v) is 11.3. The van der Waals surface area contributed by atoms with Crippen LogP contribution in [-0.4, -0.2) is 9.97 Å². The van der Waals surface area contributed by atoms with Gasteiger partial charge in [-0.3, -0.25) is 0 Å². The molecule has 2 heterocycles. The first-order valence-electron chi connectivity index (χ1n) is 5.35. The number of aromatic nitrogens is 2. The van der Waals surface area contributed by atoms with E-state index in [2.05, 4.69) is 9.97 Å². The summed E-state index contributed by atoms with van der Waals surface area (Å²) in [6, 6.07) is 5.60. The maximum atomic E-state index is 5.97. The zero-order chi connectivity index (χ0) is 12.3.